The highest BCUT2D eigenvalue weighted by Gasteiger charge is 2.13. The van der Waals surface area contributed by atoms with E-state index in [4.69, 9.17) is 30.3 Å². The number of benzene rings is 2. The Morgan fingerprint density at radius 2 is 1.80 bits per heavy atom. The van der Waals surface area contributed by atoms with Crippen LogP contribution in [0.2, 0.25) is 5.02 Å². The van der Waals surface area contributed by atoms with E-state index < -0.39 is 0 Å². The van der Waals surface area contributed by atoms with E-state index >= 15 is 0 Å². The van der Waals surface area contributed by atoms with Crippen molar-refractivity contribution in [3.63, 3.8) is 0 Å². The molecule has 7 nitrogen and oxygen atoms in total. The van der Waals surface area contributed by atoms with Crippen LogP contribution in [0.4, 0.5) is 5.69 Å². The van der Waals surface area contributed by atoms with Gasteiger partial charge in [0.1, 0.15) is 29.6 Å². The number of nitrogens with zero attached hydrogens (tertiary/aromatic N) is 1. The standard InChI is InChI=1S/C22H23ClN2O5/c1-13-17(14(2)30-25-13)12-29-16-7-5-15(6-8-16)9-22(26)24-19-11-20(27-3)18(23)10-21(19)28-4/h5-8,10-11H,9,12H2,1-4H3,(H,24,26). The van der Waals surface area contributed by atoms with Crippen molar-refractivity contribution in [2.75, 3.05) is 19.5 Å². The Hall–Kier alpha value is -3.19. The summed E-state index contributed by atoms with van der Waals surface area (Å²) in [6.45, 7) is 4.10. The van der Waals surface area contributed by atoms with Crippen LogP contribution < -0.4 is 19.5 Å². The average molecular weight is 431 g/mol. The van der Waals surface area contributed by atoms with E-state index in [1.165, 1.54) is 14.2 Å². The van der Waals surface area contributed by atoms with E-state index in [0.717, 1.165) is 22.6 Å². The number of aryl methyl sites for hydroxylation is 2. The Morgan fingerprint density at radius 1 is 1.10 bits per heavy atom. The Kier molecular flexibility index (Phi) is 6.84. The predicted octanol–water partition coefficient (Wildman–Crippen LogP) is 4.72. The van der Waals surface area contributed by atoms with E-state index in [0.29, 0.717) is 34.6 Å². The normalized spacial score (nSPS) is 10.6. The summed E-state index contributed by atoms with van der Waals surface area (Å²) in [6, 6.07) is 10.6. The van der Waals surface area contributed by atoms with Crippen LogP contribution >= 0.6 is 11.6 Å². The van der Waals surface area contributed by atoms with E-state index in [-0.39, 0.29) is 12.3 Å². The Balaban J connectivity index is 1.61. The van der Waals surface area contributed by atoms with Gasteiger partial charge in [-0.05, 0) is 31.5 Å². The van der Waals surface area contributed by atoms with Crippen LogP contribution in [-0.4, -0.2) is 25.3 Å². The zero-order valence-corrected chi connectivity index (χ0v) is 18.0. The number of amides is 1. The molecule has 0 unspecified atom stereocenters. The minimum atomic E-state index is -0.193. The van der Waals surface area contributed by atoms with E-state index in [2.05, 4.69) is 10.5 Å². The van der Waals surface area contributed by atoms with Crippen molar-refractivity contribution in [1.29, 1.82) is 0 Å². The van der Waals surface area contributed by atoms with Gasteiger partial charge in [0.25, 0.3) is 0 Å². The Morgan fingerprint density at radius 3 is 2.40 bits per heavy atom. The minimum Gasteiger partial charge on any atom is -0.495 e. The average Bonchev–Trinajstić information content (AvgIpc) is 3.05. The van der Waals surface area contributed by atoms with Crippen molar-refractivity contribution in [2.24, 2.45) is 0 Å². The third-order valence-corrected chi connectivity index (χ3v) is 4.90. The fourth-order valence-corrected chi connectivity index (χ4v) is 3.14. The lowest BCUT2D eigenvalue weighted by atomic mass is 10.1. The van der Waals surface area contributed by atoms with Crippen molar-refractivity contribution in [1.82, 2.24) is 5.16 Å². The lowest BCUT2D eigenvalue weighted by molar-refractivity contribution is -0.115. The van der Waals surface area contributed by atoms with Crippen molar-refractivity contribution in [3.05, 3.63) is 64.0 Å². The molecule has 0 atom stereocenters. The predicted molar refractivity (Wildman–Crippen MR) is 114 cm³/mol. The third kappa shape index (κ3) is 5.04. The molecule has 8 heteroatoms. The molecule has 0 aliphatic rings. The van der Waals surface area contributed by atoms with Gasteiger partial charge >= 0.3 is 0 Å². The number of hydrogen-bond donors (Lipinski definition) is 1. The summed E-state index contributed by atoms with van der Waals surface area (Å²) in [5, 5.41) is 7.15. The van der Waals surface area contributed by atoms with Crippen molar-refractivity contribution < 1.29 is 23.5 Å². The number of hydrogen-bond acceptors (Lipinski definition) is 6. The number of ether oxygens (including phenoxy) is 3. The molecule has 1 aromatic heterocycles. The molecule has 3 aromatic rings. The molecule has 0 spiro atoms. The smallest absolute Gasteiger partial charge is 0.228 e. The third-order valence-electron chi connectivity index (χ3n) is 4.60. The SMILES string of the molecule is COc1cc(NC(=O)Cc2ccc(OCc3c(C)noc3C)cc2)c(OC)cc1Cl. The second kappa shape index (κ2) is 9.54. The summed E-state index contributed by atoms with van der Waals surface area (Å²) in [4.78, 5) is 12.5. The number of rotatable bonds is 8. The monoisotopic (exact) mass is 430 g/mol. The fraction of sp³-hybridized carbons (Fsp3) is 0.273. The quantitative estimate of drug-likeness (QED) is 0.556. The Bertz CT molecular complexity index is 1010. The summed E-state index contributed by atoms with van der Waals surface area (Å²) in [5.41, 5.74) is 3.08. The van der Waals surface area contributed by atoms with Crippen LogP contribution in [0, 0.1) is 13.8 Å². The summed E-state index contributed by atoms with van der Waals surface area (Å²) in [6.07, 6.45) is 0.193. The molecule has 0 aliphatic heterocycles. The maximum absolute atomic E-state index is 12.5. The molecule has 0 radical (unpaired) electrons. The largest absolute Gasteiger partial charge is 0.495 e. The first kappa shape index (κ1) is 21.5. The van der Waals surface area contributed by atoms with Gasteiger partial charge in [-0.3, -0.25) is 4.79 Å². The van der Waals surface area contributed by atoms with Crippen molar-refractivity contribution in [2.45, 2.75) is 26.9 Å². The van der Waals surface area contributed by atoms with Gasteiger partial charge in [0.2, 0.25) is 5.91 Å². The molecule has 0 aliphatic carbocycles. The van der Waals surface area contributed by atoms with Gasteiger partial charge in [-0.25, -0.2) is 0 Å². The number of carbonyl (C=O) groups excluding carboxylic acids is 1. The van der Waals surface area contributed by atoms with Crippen LogP contribution in [-0.2, 0) is 17.8 Å². The van der Waals surface area contributed by atoms with Gasteiger partial charge in [-0.2, -0.15) is 0 Å². The lowest BCUT2D eigenvalue weighted by Crippen LogP contribution is -2.15. The van der Waals surface area contributed by atoms with Crippen LogP contribution in [0.5, 0.6) is 17.2 Å². The van der Waals surface area contributed by atoms with Crippen molar-refractivity contribution in [3.8, 4) is 17.2 Å². The van der Waals surface area contributed by atoms with Gasteiger partial charge in [0.05, 0.1) is 42.6 Å². The maximum atomic E-state index is 12.5. The molecule has 0 saturated heterocycles. The zero-order valence-electron chi connectivity index (χ0n) is 17.2. The molecule has 0 fully saturated rings. The highest BCUT2D eigenvalue weighted by molar-refractivity contribution is 6.32. The van der Waals surface area contributed by atoms with Crippen LogP contribution in [0.15, 0.2) is 40.9 Å². The molecular formula is C22H23ClN2O5. The summed E-state index contributed by atoms with van der Waals surface area (Å²) >= 11 is 6.10. The van der Waals surface area contributed by atoms with Gasteiger partial charge in [-0.1, -0.05) is 28.9 Å². The topological polar surface area (TPSA) is 82.8 Å². The van der Waals surface area contributed by atoms with Gasteiger partial charge in [0, 0.05) is 12.1 Å². The molecule has 1 heterocycles. The first-order valence-corrected chi connectivity index (χ1v) is 9.64. The number of methoxy groups -OCH3 is 2. The van der Waals surface area contributed by atoms with Crippen LogP contribution in [0.25, 0.3) is 0 Å². The zero-order chi connectivity index (χ0) is 21.7. The van der Waals surface area contributed by atoms with Crippen molar-refractivity contribution >= 4 is 23.2 Å². The molecular weight excluding hydrogens is 408 g/mol. The van der Waals surface area contributed by atoms with Gasteiger partial charge in [0.15, 0.2) is 0 Å². The summed E-state index contributed by atoms with van der Waals surface area (Å²) < 4.78 is 21.4. The molecule has 0 bridgehead atoms. The Labute approximate surface area is 179 Å². The second-order valence-corrected chi connectivity index (χ2v) is 7.05. The highest BCUT2D eigenvalue weighted by Crippen LogP contribution is 2.35. The number of halogens is 1. The highest BCUT2D eigenvalue weighted by atomic mass is 35.5. The lowest BCUT2D eigenvalue weighted by Gasteiger charge is -2.13. The summed E-state index contributed by atoms with van der Waals surface area (Å²) in [7, 11) is 3.02. The van der Waals surface area contributed by atoms with Gasteiger partial charge in [-0.15, -0.1) is 0 Å². The molecule has 3 rings (SSSR count). The number of nitrogens with one attached hydrogen (secondary N) is 1. The van der Waals surface area contributed by atoms with E-state index in [1.807, 2.05) is 38.1 Å². The second-order valence-electron chi connectivity index (χ2n) is 6.65. The molecule has 1 N–H and O–H groups in total. The number of carbonyl (C=O) groups is 1. The number of aromatic nitrogens is 1. The fourth-order valence-electron chi connectivity index (χ4n) is 2.90. The molecule has 1 amide bonds. The molecule has 30 heavy (non-hydrogen) atoms. The maximum Gasteiger partial charge on any atom is 0.228 e. The molecule has 0 saturated carbocycles. The van der Waals surface area contributed by atoms with E-state index in [1.54, 1.807) is 12.1 Å². The van der Waals surface area contributed by atoms with Crippen LogP contribution in [0.1, 0.15) is 22.6 Å². The van der Waals surface area contributed by atoms with Crippen LogP contribution in [0.3, 0.4) is 0 Å². The molecule has 2 aromatic carbocycles. The molecule has 158 valence electrons. The first-order chi connectivity index (χ1) is 14.4. The van der Waals surface area contributed by atoms with Gasteiger partial charge < -0.3 is 24.1 Å². The number of anilines is 1. The first-order valence-electron chi connectivity index (χ1n) is 9.26. The summed E-state index contributed by atoms with van der Waals surface area (Å²) in [5.74, 6) is 2.16. The minimum absolute atomic E-state index is 0.193. The van der Waals surface area contributed by atoms with E-state index in [9.17, 15) is 4.79 Å².